The lowest BCUT2D eigenvalue weighted by Gasteiger charge is -2.21. The number of nitrogens with one attached hydrogen (secondary N) is 1. The van der Waals surface area contributed by atoms with Crippen LogP contribution in [0.15, 0.2) is 0 Å². The Balaban J connectivity index is 1.72. The summed E-state index contributed by atoms with van der Waals surface area (Å²) in [5, 5.41) is 3.09. The Morgan fingerprint density at radius 2 is 1.95 bits per heavy atom. The maximum Gasteiger partial charge on any atom is 0.323 e. The second-order valence-corrected chi connectivity index (χ2v) is 5.21. The van der Waals surface area contributed by atoms with Crippen molar-refractivity contribution in [2.45, 2.75) is 51.6 Å². The van der Waals surface area contributed by atoms with Crippen LogP contribution in [0, 0.1) is 0 Å². The van der Waals surface area contributed by atoms with Gasteiger partial charge in [-0.2, -0.15) is 15.0 Å². The van der Waals surface area contributed by atoms with Gasteiger partial charge in [-0.1, -0.05) is 26.2 Å². The van der Waals surface area contributed by atoms with Gasteiger partial charge in [0.15, 0.2) is 0 Å². The van der Waals surface area contributed by atoms with E-state index in [0.29, 0.717) is 31.8 Å². The van der Waals surface area contributed by atoms with E-state index in [4.69, 9.17) is 15.2 Å². The van der Waals surface area contributed by atoms with Crippen LogP contribution in [0.2, 0.25) is 0 Å². The molecule has 0 radical (unpaired) electrons. The number of nitrogens with zero attached hydrogens (tertiary/aromatic N) is 3. The first kappa shape index (κ1) is 15.8. The van der Waals surface area contributed by atoms with E-state index in [1.165, 1.54) is 32.1 Å². The molecule has 0 amide bonds. The quantitative estimate of drug-likeness (QED) is 0.708. The minimum Gasteiger partial charge on any atom is -0.463 e. The van der Waals surface area contributed by atoms with Crippen LogP contribution in [-0.2, 0) is 4.74 Å². The van der Waals surface area contributed by atoms with E-state index in [-0.39, 0.29) is 12.0 Å². The lowest BCUT2D eigenvalue weighted by atomic mass is 9.98. The molecule has 1 heterocycles. The summed E-state index contributed by atoms with van der Waals surface area (Å²) in [4.78, 5) is 12.1. The first-order valence-electron chi connectivity index (χ1n) is 7.77. The molecule has 2 rings (SSSR count). The third-order valence-corrected chi connectivity index (χ3v) is 3.36. The molecule has 3 N–H and O–H groups in total. The molecule has 1 aromatic rings. The van der Waals surface area contributed by atoms with Gasteiger partial charge >= 0.3 is 6.01 Å². The van der Waals surface area contributed by atoms with Crippen molar-refractivity contribution >= 4 is 11.9 Å². The van der Waals surface area contributed by atoms with Crippen LogP contribution in [0.4, 0.5) is 11.9 Å². The molecule has 0 aliphatic heterocycles. The number of ether oxygens (including phenoxy) is 2. The largest absolute Gasteiger partial charge is 0.463 e. The molecule has 21 heavy (non-hydrogen) atoms. The van der Waals surface area contributed by atoms with Crippen molar-refractivity contribution in [3.05, 3.63) is 0 Å². The summed E-state index contributed by atoms with van der Waals surface area (Å²) in [6.07, 6.45) is 7.54. The highest BCUT2D eigenvalue weighted by atomic mass is 16.5. The molecule has 0 unspecified atom stereocenters. The third kappa shape index (κ3) is 5.71. The smallest absolute Gasteiger partial charge is 0.323 e. The minimum atomic E-state index is 0.159. The Bertz CT molecular complexity index is 424. The predicted octanol–water partition coefficient (Wildman–Crippen LogP) is 2.00. The highest BCUT2D eigenvalue weighted by molar-refractivity contribution is 5.32. The molecule has 7 nitrogen and oxygen atoms in total. The second kappa shape index (κ2) is 8.61. The average Bonchev–Trinajstić information content (AvgIpc) is 2.50. The van der Waals surface area contributed by atoms with Gasteiger partial charge in [0.2, 0.25) is 11.9 Å². The Labute approximate surface area is 125 Å². The number of anilines is 2. The van der Waals surface area contributed by atoms with Crippen LogP contribution in [0.3, 0.4) is 0 Å². The number of nitrogen functional groups attached to an aromatic ring is 1. The van der Waals surface area contributed by atoms with E-state index in [2.05, 4.69) is 20.3 Å². The maximum atomic E-state index is 5.83. The zero-order chi connectivity index (χ0) is 14.9. The Morgan fingerprint density at radius 3 is 2.71 bits per heavy atom. The monoisotopic (exact) mass is 295 g/mol. The van der Waals surface area contributed by atoms with Crippen molar-refractivity contribution in [1.82, 2.24) is 15.0 Å². The highest BCUT2D eigenvalue weighted by Gasteiger charge is 2.13. The Morgan fingerprint density at radius 1 is 1.14 bits per heavy atom. The predicted molar refractivity (Wildman–Crippen MR) is 81.3 cm³/mol. The molecule has 0 aromatic carbocycles. The van der Waals surface area contributed by atoms with E-state index in [0.717, 1.165) is 6.42 Å². The van der Waals surface area contributed by atoms with Gasteiger partial charge in [0.1, 0.15) is 0 Å². The third-order valence-electron chi connectivity index (χ3n) is 3.36. The molecule has 118 valence electrons. The molecule has 1 fully saturated rings. The van der Waals surface area contributed by atoms with Gasteiger partial charge in [-0.3, -0.25) is 0 Å². The zero-order valence-corrected chi connectivity index (χ0v) is 12.7. The van der Waals surface area contributed by atoms with Gasteiger partial charge < -0.3 is 20.5 Å². The summed E-state index contributed by atoms with van der Waals surface area (Å²) in [7, 11) is 0. The van der Waals surface area contributed by atoms with Crippen LogP contribution >= 0.6 is 0 Å². The average molecular weight is 295 g/mol. The number of nitrogens with two attached hydrogens (primary N) is 1. The topological polar surface area (TPSA) is 95.2 Å². The van der Waals surface area contributed by atoms with Crippen LogP contribution in [-0.4, -0.2) is 40.8 Å². The minimum absolute atomic E-state index is 0.159. The van der Waals surface area contributed by atoms with E-state index >= 15 is 0 Å². The molecule has 0 spiro atoms. The van der Waals surface area contributed by atoms with Crippen LogP contribution in [0.1, 0.15) is 45.4 Å². The molecule has 1 aliphatic carbocycles. The van der Waals surface area contributed by atoms with Gasteiger partial charge in [0.25, 0.3) is 0 Å². The first-order valence-corrected chi connectivity index (χ1v) is 7.77. The van der Waals surface area contributed by atoms with Crippen molar-refractivity contribution < 1.29 is 9.47 Å². The van der Waals surface area contributed by atoms with Crippen molar-refractivity contribution in [3.8, 4) is 6.01 Å². The molecule has 0 atom stereocenters. The molecule has 0 bridgehead atoms. The Kier molecular flexibility index (Phi) is 6.46. The van der Waals surface area contributed by atoms with Crippen molar-refractivity contribution in [1.29, 1.82) is 0 Å². The fourth-order valence-electron chi connectivity index (χ4n) is 2.33. The molecule has 0 saturated heterocycles. The maximum absolute atomic E-state index is 5.83. The van der Waals surface area contributed by atoms with Gasteiger partial charge in [-0.15, -0.1) is 0 Å². The SMILES string of the molecule is CCCOc1nc(N)nc(NCCOC2CCCCC2)n1. The fraction of sp³-hybridized carbons (Fsp3) is 0.786. The summed E-state index contributed by atoms with van der Waals surface area (Å²) in [6, 6.07) is 0.264. The standard InChI is InChI=1S/C14H25N5O2/c1-2-9-21-14-18-12(15)17-13(19-14)16-8-10-20-11-6-4-3-5-7-11/h11H,2-10H2,1H3,(H3,15,16,17,18,19). The van der Waals surface area contributed by atoms with Crippen molar-refractivity contribution in [2.24, 2.45) is 0 Å². The van der Waals surface area contributed by atoms with E-state index in [1.54, 1.807) is 0 Å². The molecular weight excluding hydrogens is 270 g/mol. The van der Waals surface area contributed by atoms with Crippen molar-refractivity contribution in [2.75, 3.05) is 30.8 Å². The zero-order valence-electron chi connectivity index (χ0n) is 12.7. The molecule has 1 aliphatic rings. The number of aromatic nitrogens is 3. The first-order chi connectivity index (χ1) is 10.3. The van der Waals surface area contributed by atoms with Crippen LogP contribution < -0.4 is 15.8 Å². The molecular formula is C14H25N5O2. The summed E-state index contributed by atoms with van der Waals surface area (Å²) >= 11 is 0. The van der Waals surface area contributed by atoms with E-state index in [9.17, 15) is 0 Å². The summed E-state index contributed by atoms with van der Waals surface area (Å²) < 4.78 is 11.2. The molecule has 1 saturated carbocycles. The summed E-state index contributed by atoms with van der Waals surface area (Å²) in [6.45, 7) is 3.87. The lowest BCUT2D eigenvalue weighted by molar-refractivity contribution is 0.0347. The Hall–Kier alpha value is -1.63. The fourth-order valence-corrected chi connectivity index (χ4v) is 2.33. The normalized spacial score (nSPS) is 15.9. The summed E-state index contributed by atoms with van der Waals surface area (Å²) in [5.41, 5.74) is 5.64. The van der Waals surface area contributed by atoms with Gasteiger partial charge in [0, 0.05) is 6.54 Å². The lowest BCUT2D eigenvalue weighted by Crippen LogP contribution is -2.21. The van der Waals surface area contributed by atoms with Crippen LogP contribution in [0.25, 0.3) is 0 Å². The van der Waals surface area contributed by atoms with Gasteiger partial charge in [0.05, 0.1) is 19.3 Å². The van der Waals surface area contributed by atoms with E-state index < -0.39 is 0 Å². The highest BCUT2D eigenvalue weighted by Crippen LogP contribution is 2.20. The molecule has 1 aromatic heterocycles. The summed E-state index contributed by atoms with van der Waals surface area (Å²) in [5.74, 6) is 0.590. The van der Waals surface area contributed by atoms with Gasteiger partial charge in [-0.05, 0) is 19.3 Å². The van der Waals surface area contributed by atoms with Crippen molar-refractivity contribution in [3.63, 3.8) is 0 Å². The number of rotatable bonds is 8. The van der Waals surface area contributed by atoms with E-state index in [1.807, 2.05) is 6.92 Å². The molecule has 7 heteroatoms. The number of hydrogen-bond acceptors (Lipinski definition) is 7. The van der Waals surface area contributed by atoms with Crippen LogP contribution in [0.5, 0.6) is 6.01 Å². The number of hydrogen-bond donors (Lipinski definition) is 2. The second-order valence-electron chi connectivity index (χ2n) is 5.21. The van der Waals surface area contributed by atoms with Gasteiger partial charge in [-0.25, -0.2) is 0 Å².